The van der Waals surface area contributed by atoms with Gasteiger partial charge in [-0.3, -0.25) is 9.79 Å². The van der Waals surface area contributed by atoms with E-state index in [1.807, 2.05) is 6.92 Å². The van der Waals surface area contributed by atoms with Gasteiger partial charge in [-0.05, 0) is 20.8 Å². The lowest BCUT2D eigenvalue weighted by Gasteiger charge is -2.22. The molecule has 0 aromatic rings. The van der Waals surface area contributed by atoms with Gasteiger partial charge in [0.2, 0.25) is 5.91 Å². The topological polar surface area (TPSA) is 67.5 Å². The first-order valence-corrected chi connectivity index (χ1v) is 5.19. The molecule has 1 amide bonds. The van der Waals surface area contributed by atoms with Crippen LogP contribution in [0.25, 0.3) is 0 Å². The maximum absolute atomic E-state index is 11.0. The molecule has 0 saturated heterocycles. The summed E-state index contributed by atoms with van der Waals surface area (Å²) in [4.78, 5) is 15.3. The molecule has 13 heavy (non-hydrogen) atoms. The van der Waals surface area contributed by atoms with Gasteiger partial charge in [0.15, 0.2) is 5.17 Å². The molecular formula is C8H15N3OS. The Kier molecular flexibility index (Phi) is 2.85. The largest absolute Gasteiger partial charge is 0.368 e. The van der Waals surface area contributed by atoms with Crippen molar-refractivity contribution in [2.75, 3.05) is 5.75 Å². The Bertz CT molecular complexity index is 250. The van der Waals surface area contributed by atoms with Crippen molar-refractivity contribution >= 4 is 22.8 Å². The summed E-state index contributed by atoms with van der Waals surface area (Å²) >= 11 is 1.63. The highest BCUT2D eigenvalue weighted by Crippen LogP contribution is 2.17. The lowest BCUT2D eigenvalue weighted by molar-refractivity contribution is -0.122. The first kappa shape index (κ1) is 10.4. The predicted octanol–water partition coefficient (Wildman–Crippen LogP) is 0.331. The van der Waals surface area contributed by atoms with Crippen LogP contribution in [-0.4, -0.2) is 28.4 Å². The van der Waals surface area contributed by atoms with Crippen molar-refractivity contribution in [1.82, 2.24) is 5.32 Å². The quantitative estimate of drug-likeness (QED) is 0.676. The van der Waals surface area contributed by atoms with Crippen molar-refractivity contribution in [3.05, 3.63) is 0 Å². The van der Waals surface area contributed by atoms with Crippen LogP contribution in [0.4, 0.5) is 0 Å². The van der Waals surface area contributed by atoms with Crippen molar-refractivity contribution in [3.63, 3.8) is 0 Å². The van der Waals surface area contributed by atoms with E-state index >= 15 is 0 Å². The van der Waals surface area contributed by atoms with Gasteiger partial charge in [-0.1, -0.05) is 11.8 Å². The highest BCUT2D eigenvalue weighted by atomic mass is 32.2. The number of nitrogens with zero attached hydrogens (tertiary/aromatic N) is 1. The van der Waals surface area contributed by atoms with Crippen molar-refractivity contribution in [1.29, 1.82) is 0 Å². The first-order valence-electron chi connectivity index (χ1n) is 4.20. The average Bonchev–Trinajstić information content (AvgIpc) is 2.34. The number of aliphatic imine (C=N–C) groups is 1. The summed E-state index contributed by atoms with van der Waals surface area (Å²) in [5.74, 6) is 0.604. The molecule has 1 unspecified atom stereocenters. The minimum atomic E-state index is -0.712. The highest BCUT2D eigenvalue weighted by molar-refractivity contribution is 8.14. The third kappa shape index (κ3) is 2.62. The summed E-state index contributed by atoms with van der Waals surface area (Å²) in [5, 5.41) is 3.84. The lowest BCUT2D eigenvalue weighted by Crippen LogP contribution is -2.52. The summed E-state index contributed by atoms with van der Waals surface area (Å²) in [7, 11) is 0. The number of carbonyl (C=O) groups is 1. The molecule has 3 N–H and O–H groups in total. The van der Waals surface area contributed by atoms with E-state index in [0.29, 0.717) is 6.04 Å². The SMILES string of the molecule is CC1CSC(NC(C)(C)C(N)=O)=N1. The van der Waals surface area contributed by atoms with Gasteiger partial charge in [-0.15, -0.1) is 0 Å². The van der Waals surface area contributed by atoms with Crippen molar-refractivity contribution in [2.45, 2.75) is 32.4 Å². The Balaban J connectivity index is 2.58. The fourth-order valence-corrected chi connectivity index (χ4v) is 1.93. The molecule has 0 aliphatic carbocycles. The Hall–Kier alpha value is -0.710. The molecule has 0 bridgehead atoms. The van der Waals surface area contributed by atoms with E-state index < -0.39 is 5.54 Å². The van der Waals surface area contributed by atoms with Gasteiger partial charge in [0.25, 0.3) is 0 Å². The van der Waals surface area contributed by atoms with E-state index in [1.165, 1.54) is 0 Å². The fraction of sp³-hybridized carbons (Fsp3) is 0.750. The second-order valence-corrected chi connectivity index (χ2v) is 4.72. The molecule has 0 aromatic heterocycles. The number of carbonyl (C=O) groups excluding carboxylic acids is 1. The van der Waals surface area contributed by atoms with Gasteiger partial charge < -0.3 is 11.1 Å². The van der Waals surface area contributed by atoms with E-state index in [-0.39, 0.29) is 5.91 Å². The van der Waals surface area contributed by atoms with Crippen LogP contribution in [0.1, 0.15) is 20.8 Å². The number of rotatable bonds is 2. The molecule has 0 fully saturated rings. The highest BCUT2D eigenvalue weighted by Gasteiger charge is 2.27. The summed E-state index contributed by atoms with van der Waals surface area (Å²) in [6.07, 6.45) is 0. The van der Waals surface area contributed by atoms with E-state index in [0.717, 1.165) is 10.9 Å². The fourth-order valence-electron chi connectivity index (χ4n) is 0.872. The normalized spacial score (nSPS) is 22.7. The van der Waals surface area contributed by atoms with Gasteiger partial charge >= 0.3 is 0 Å². The number of nitrogens with one attached hydrogen (secondary N) is 1. The van der Waals surface area contributed by atoms with E-state index in [4.69, 9.17) is 5.73 Å². The van der Waals surface area contributed by atoms with Crippen LogP contribution in [-0.2, 0) is 4.79 Å². The van der Waals surface area contributed by atoms with Crippen LogP contribution in [0.15, 0.2) is 4.99 Å². The number of hydrogen-bond acceptors (Lipinski definition) is 4. The minimum absolute atomic E-state index is 0.330. The third-order valence-corrected chi connectivity index (χ3v) is 2.96. The molecule has 5 heteroatoms. The van der Waals surface area contributed by atoms with E-state index in [9.17, 15) is 4.79 Å². The molecule has 1 aliphatic heterocycles. The molecule has 1 rings (SSSR count). The van der Waals surface area contributed by atoms with Gasteiger partial charge in [-0.2, -0.15) is 0 Å². The Morgan fingerprint density at radius 2 is 2.38 bits per heavy atom. The maximum Gasteiger partial charge on any atom is 0.242 e. The zero-order valence-corrected chi connectivity index (χ0v) is 8.94. The van der Waals surface area contributed by atoms with Gasteiger partial charge in [0, 0.05) is 5.75 Å². The molecule has 0 radical (unpaired) electrons. The van der Waals surface area contributed by atoms with Crippen LogP contribution >= 0.6 is 11.8 Å². The summed E-state index contributed by atoms with van der Waals surface area (Å²) in [6.45, 7) is 5.54. The number of nitrogens with two attached hydrogens (primary N) is 1. The molecule has 1 aliphatic rings. The lowest BCUT2D eigenvalue weighted by atomic mass is 10.1. The molecular weight excluding hydrogens is 186 g/mol. The van der Waals surface area contributed by atoms with Crippen LogP contribution in [0, 0.1) is 0 Å². The standard InChI is InChI=1S/C8H15N3OS/c1-5-4-13-7(10-5)11-8(2,3)6(9)12/h5H,4H2,1-3H3,(H2,9,12)(H,10,11). The van der Waals surface area contributed by atoms with Gasteiger partial charge in [-0.25, -0.2) is 0 Å². The van der Waals surface area contributed by atoms with Crippen molar-refractivity contribution in [3.8, 4) is 0 Å². The smallest absolute Gasteiger partial charge is 0.242 e. The van der Waals surface area contributed by atoms with Crippen LogP contribution < -0.4 is 11.1 Å². The number of amidine groups is 1. The Morgan fingerprint density at radius 3 is 2.77 bits per heavy atom. The molecule has 0 spiro atoms. The van der Waals surface area contributed by atoms with Crippen LogP contribution in [0.3, 0.4) is 0 Å². The number of thioether (sulfide) groups is 1. The van der Waals surface area contributed by atoms with Crippen molar-refractivity contribution in [2.24, 2.45) is 10.7 Å². The predicted molar refractivity (Wildman–Crippen MR) is 55.8 cm³/mol. The second-order valence-electron chi connectivity index (χ2n) is 3.71. The number of primary amides is 1. The van der Waals surface area contributed by atoms with Crippen LogP contribution in [0.5, 0.6) is 0 Å². The van der Waals surface area contributed by atoms with E-state index in [2.05, 4.69) is 10.3 Å². The third-order valence-electron chi connectivity index (χ3n) is 1.83. The summed E-state index contributed by atoms with van der Waals surface area (Å²) in [5.41, 5.74) is 4.50. The molecule has 1 atom stereocenters. The molecule has 0 aromatic carbocycles. The minimum Gasteiger partial charge on any atom is -0.368 e. The summed E-state index contributed by atoms with van der Waals surface area (Å²) in [6, 6.07) is 0.330. The van der Waals surface area contributed by atoms with Crippen molar-refractivity contribution < 1.29 is 4.79 Å². The Labute approximate surface area is 82.4 Å². The molecule has 0 saturated carbocycles. The second kappa shape index (κ2) is 3.57. The maximum atomic E-state index is 11.0. The van der Waals surface area contributed by atoms with Crippen LogP contribution in [0.2, 0.25) is 0 Å². The molecule has 4 nitrogen and oxygen atoms in total. The first-order chi connectivity index (χ1) is 5.92. The van der Waals surface area contributed by atoms with E-state index in [1.54, 1.807) is 25.6 Å². The Morgan fingerprint density at radius 1 is 1.77 bits per heavy atom. The monoisotopic (exact) mass is 201 g/mol. The number of hydrogen-bond donors (Lipinski definition) is 2. The van der Waals surface area contributed by atoms with Gasteiger partial charge in [0.1, 0.15) is 5.54 Å². The summed E-state index contributed by atoms with van der Waals surface area (Å²) < 4.78 is 0. The zero-order chi connectivity index (χ0) is 10.1. The average molecular weight is 201 g/mol. The number of amides is 1. The molecule has 74 valence electrons. The van der Waals surface area contributed by atoms with Gasteiger partial charge in [0.05, 0.1) is 6.04 Å². The molecule has 1 heterocycles. The zero-order valence-electron chi connectivity index (χ0n) is 8.13.